The number of carboxylic acids is 1. The summed E-state index contributed by atoms with van der Waals surface area (Å²) in [6, 6.07) is 5.13. The Balaban J connectivity index is 3.09. The van der Waals surface area contributed by atoms with Gasteiger partial charge in [0.15, 0.2) is 0 Å². The van der Waals surface area contributed by atoms with Crippen molar-refractivity contribution in [2.24, 2.45) is 5.73 Å². The summed E-state index contributed by atoms with van der Waals surface area (Å²) in [4.78, 5) is 20.6. The fourth-order valence-corrected chi connectivity index (χ4v) is 1.05. The number of hydrogen-bond acceptors (Lipinski definition) is 4. The van der Waals surface area contributed by atoms with Crippen LogP contribution < -0.4 is 5.73 Å². The van der Waals surface area contributed by atoms with Gasteiger partial charge in [-0.1, -0.05) is 0 Å². The van der Waals surface area contributed by atoms with E-state index in [1.807, 2.05) is 0 Å². The van der Waals surface area contributed by atoms with Crippen molar-refractivity contribution in [2.45, 2.75) is 12.5 Å². The molecule has 0 saturated heterocycles. The molecule has 0 fully saturated rings. The van der Waals surface area contributed by atoms with Crippen LogP contribution in [0.5, 0.6) is 0 Å². The molecule has 0 aliphatic carbocycles. The monoisotopic (exact) mass is 210 g/mol. The van der Waals surface area contributed by atoms with Crippen LogP contribution in [0, 0.1) is 10.1 Å². The standard InChI is InChI=1S/C9H10N2O4/c1-9(10,8(12)13)6-2-4-7(5-3-6)11(14)15/h2-5H,10H2,1H3,(H,12,13)/t9-/m0/s1. The van der Waals surface area contributed by atoms with Gasteiger partial charge in [-0.15, -0.1) is 0 Å². The lowest BCUT2D eigenvalue weighted by Gasteiger charge is -2.19. The summed E-state index contributed by atoms with van der Waals surface area (Å²) in [5.41, 5.74) is 4.23. The average Bonchev–Trinajstić information content (AvgIpc) is 2.17. The molecule has 0 radical (unpaired) electrons. The Morgan fingerprint density at radius 1 is 1.47 bits per heavy atom. The second-order valence-electron chi connectivity index (χ2n) is 3.31. The predicted octanol–water partition coefficient (Wildman–Crippen LogP) is 0.853. The van der Waals surface area contributed by atoms with E-state index in [9.17, 15) is 14.9 Å². The summed E-state index contributed by atoms with van der Waals surface area (Å²) >= 11 is 0. The fraction of sp³-hybridized carbons (Fsp3) is 0.222. The SMILES string of the molecule is C[C@@](N)(C(=O)O)c1ccc([N+](=O)[O-])cc1. The van der Waals surface area contributed by atoms with Gasteiger partial charge in [0.05, 0.1) is 4.92 Å². The zero-order valence-electron chi connectivity index (χ0n) is 8.01. The lowest BCUT2D eigenvalue weighted by atomic mass is 9.93. The van der Waals surface area contributed by atoms with E-state index in [2.05, 4.69) is 0 Å². The number of nitro groups is 1. The number of benzene rings is 1. The minimum absolute atomic E-state index is 0.0973. The third-order valence-electron chi connectivity index (χ3n) is 2.12. The smallest absolute Gasteiger partial charge is 0.328 e. The molecule has 0 unspecified atom stereocenters. The van der Waals surface area contributed by atoms with E-state index in [0.29, 0.717) is 5.56 Å². The summed E-state index contributed by atoms with van der Waals surface area (Å²) in [6.45, 7) is 1.33. The normalized spacial score (nSPS) is 14.3. The highest BCUT2D eigenvalue weighted by atomic mass is 16.6. The Bertz CT molecular complexity index is 397. The Labute approximate surface area is 85.5 Å². The molecule has 0 aromatic heterocycles. The van der Waals surface area contributed by atoms with E-state index in [-0.39, 0.29) is 5.69 Å². The van der Waals surface area contributed by atoms with Crippen LogP contribution in [-0.2, 0) is 10.3 Å². The van der Waals surface area contributed by atoms with Gasteiger partial charge in [0.2, 0.25) is 0 Å². The second-order valence-corrected chi connectivity index (χ2v) is 3.31. The zero-order valence-corrected chi connectivity index (χ0v) is 8.01. The molecular formula is C9H10N2O4. The maximum Gasteiger partial charge on any atom is 0.328 e. The summed E-state index contributed by atoms with van der Waals surface area (Å²) < 4.78 is 0. The number of non-ortho nitro benzene ring substituents is 1. The van der Waals surface area contributed by atoms with Gasteiger partial charge in [-0.25, -0.2) is 4.79 Å². The van der Waals surface area contributed by atoms with Gasteiger partial charge in [0.1, 0.15) is 5.54 Å². The molecule has 6 heteroatoms. The van der Waals surface area contributed by atoms with E-state index >= 15 is 0 Å². The minimum atomic E-state index is -1.53. The van der Waals surface area contributed by atoms with Crippen LogP contribution >= 0.6 is 0 Å². The summed E-state index contributed by atoms with van der Waals surface area (Å²) in [5.74, 6) is -1.18. The Morgan fingerprint density at radius 2 is 1.93 bits per heavy atom. The lowest BCUT2D eigenvalue weighted by Crippen LogP contribution is -2.41. The summed E-state index contributed by atoms with van der Waals surface area (Å²) in [6.07, 6.45) is 0. The van der Waals surface area contributed by atoms with Gasteiger partial charge in [-0.3, -0.25) is 10.1 Å². The van der Waals surface area contributed by atoms with Crippen LogP contribution in [0.25, 0.3) is 0 Å². The van der Waals surface area contributed by atoms with E-state index < -0.39 is 16.4 Å². The zero-order chi connectivity index (χ0) is 11.6. The third-order valence-corrected chi connectivity index (χ3v) is 2.12. The van der Waals surface area contributed by atoms with Crippen molar-refractivity contribution in [3.8, 4) is 0 Å². The Morgan fingerprint density at radius 3 is 2.27 bits per heavy atom. The molecule has 80 valence electrons. The van der Waals surface area contributed by atoms with Crippen molar-refractivity contribution in [3.05, 3.63) is 39.9 Å². The first-order chi connectivity index (χ1) is 6.85. The molecule has 0 saturated carbocycles. The Hall–Kier alpha value is -1.95. The molecule has 0 amide bonds. The number of carbonyl (C=O) groups is 1. The van der Waals surface area contributed by atoms with E-state index in [1.54, 1.807) is 0 Å². The molecule has 0 spiro atoms. The fourth-order valence-electron chi connectivity index (χ4n) is 1.05. The molecule has 15 heavy (non-hydrogen) atoms. The minimum Gasteiger partial charge on any atom is -0.480 e. The van der Waals surface area contributed by atoms with Crippen LogP contribution in [0.2, 0.25) is 0 Å². The number of rotatable bonds is 3. The molecule has 1 aromatic carbocycles. The molecular weight excluding hydrogens is 200 g/mol. The molecule has 0 aliphatic heterocycles. The molecule has 0 heterocycles. The largest absolute Gasteiger partial charge is 0.480 e. The highest BCUT2D eigenvalue weighted by Gasteiger charge is 2.30. The molecule has 1 atom stereocenters. The first-order valence-electron chi connectivity index (χ1n) is 4.13. The highest BCUT2D eigenvalue weighted by molar-refractivity contribution is 5.79. The van der Waals surface area contributed by atoms with Crippen molar-refractivity contribution in [3.63, 3.8) is 0 Å². The van der Waals surface area contributed by atoms with Crippen molar-refractivity contribution in [1.29, 1.82) is 0 Å². The first-order valence-corrected chi connectivity index (χ1v) is 4.13. The third kappa shape index (κ3) is 2.10. The van der Waals surface area contributed by atoms with E-state index in [4.69, 9.17) is 10.8 Å². The molecule has 1 aromatic rings. The molecule has 6 nitrogen and oxygen atoms in total. The number of carboxylic acid groups (broad SMARTS) is 1. The summed E-state index contributed by atoms with van der Waals surface area (Å²) in [7, 11) is 0. The van der Waals surface area contributed by atoms with Gasteiger partial charge >= 0.3 is 5.97 Å². The quantitative estimate of drug-likeness (QED) is 0.568. The van der Waals surface area contributed by atoms with Crippen LogP contribution in [-0.4, -0.2) is 16.0 Å². The maximum atomic E-state index is 10.8. The van der Waals surface area contributed by atoms with Crippen LogP contribution in [0.3, 0.4) is 0 Å². The maximum absolute atomic E-state index is 10.8. The number of hydrogen-bond donors (Lipinski definition) is 2. The average molecular weight is 210 g/mol. The second kappa shape index (κ2) is 3.66. The number of aliphatic carboxylic acids is 1. The Kier molecular flexibility index (Phi) is 2.71. The lowest BCUT2D eigenvalue weighted by molar-refractivity contribution is -0.384. The molecule has 0 aliphatic rings. The summed E-state index contributed by atoms with van der Waals surface area (Å²) in [5, 5.41) is 19.2. The van der Waals surface area contributed by atoms with Gasteiger partial charge in [-0.05, 0) is 24.6 Å². The highest BCUT2D eigenvalue weighted by Crippen LogP contribution is 2.20. The van der Waals surface area contributed by atoms with Gasteiger partial charge < -0.3 is 10.8 Å². The van der Waals surface area contributed by atoms with Gasteiger partial charge in [0.25, 0.3) is 5.69 Å². The van der Waals surface area contributed by atoms with Gasteiger partial charge in [-0.2, -0.15) is 0 Å². The van der Waals surface area contributed by atoms with Crippen molar-refractivity contribution >= 4 is 11.7 Å². The predicted molar refractivity (Wildman–Crippen MR) is 52.3 cm³/mol. The molecule has 3 N–H and O–H groups in total. The first kappa shape index (κ1) is 11.1. The number of nitrogens with two attached hydrogens (primary N) is 1. The van der Waals surface area contributed by atoms with E-state index in [1.165, 1.54) is 31.2 Å². The number of nitro benzene ring substituents is 1. The topological polar surface area (TPSA) is 106 Å². The van der Waals surface area contributed by atoms with Crippen molar-refractivity contribution < 1.29 is 14.8 Å². The van der Waals surface area contributed by atoms with Crippen LogP contribution in [0.15, 0.2) is 24.3 Å². The van der Waals surface area contributed by atoms with Crippen molar-refractivity contribution in [2.75, 3.05) is 0 Å². The van der Waals surface area contributed by atoms with Gasteiger partial charge in [0, 0.05) is 12.1 Å². The number of nitrogens with zero attached hydrogens (tertiary/aromatic N) is 1. The molecule has 1 rings (SSSR count). The molecule has 0 bridgehead atoms. The van der Waals surface area contributed by atoms with Crippen LogP contribution in [0.1, 0.15) is 12.5 Å². The van der Waals surface area contributed by atoms with E-state index in [0.717, 1.165) is 0 Å². The van der Waals surface area contributed by atoms with Crippen molar-refractivity contribution in [1.82, 2.24) is 0 Å². The van der Waals surface area contributed by atoms with Crippen LogP contribution in [0.4, 0.5) is 5.69 Å².